The molecule has 0 spiro atoms. The van der Waals surface area contributed by atoms with Crippen molar-refractivity contribution in [3.05, 3.63) is 28.8 Å². The average molecular weight is 306 g/mol. The van der Waals surface area contributed by atoms with Crippen LogP contribution in [0.2, 0.25) is 0 Å². The number of ether oxygens (including phenoxy) is 1. The fourth-order valence-electron chi connectivity index (χ4n) is 1.68. The molecule has 0 aliphatic carbocycles. The quantitative estimate of drug-likeness (QED) is 0.731. The van der Waals surface area contributed by atoms with E-state index in [0.717, 1.165) is 22.0 Å². The number of rotatable bonds is 5. The molecular weight excluding hydrogens is 292 g/mol. The second-order valence-electron chi connectivity index (χ2n) is 4.48. The minimum atomic E-state index is 0.113. The Kier molecular flexibility index (Phi) is 3.88. The zero-order valence-electron chi connectivity index (χ0n) is 11.2. The van der Waals surface area contributed by atoms with Crippen LogP contribution in [0.3, 0.4) is 0 Å². The van der Waals surface area contributed by atoms with Crippen molar-refractivity contribution >= 4 is 34.1 Å². The summed E-state index contributed by atoms with van der Waals surface area (Å²) in [5.74, 6) is 2.02. The van der Waals surface area contributed by atoms with Crippen molar-refractivity contribution in [2.24, 2.45) is 0 Å². The van der Waals surface area contributed by atoms with Crippen LogP contribution in [0.4, 0.5) is 0 Å². The molecule has 0 amide bonds. The van der Waals surface area contributed by atoms with Gasteiger partial charge in [-0.15, -0.1) is 11.3 Å². The van der Waals surface area contributed by atoms with Crippen LogP contribution < -0.4 is 4.74 Å². The highest BCUT2D eigenvalue weighted by atomic mass is 32.2. The Labute approximate surface area is 124 Å². The molecule has 0 aromatic carbocycles. The first-order valence-electron chi connectivity index (χ1n) is 6.24. The number of aromatic nitrogens is 4. The van der Waals surface area contributed by atoms with Gasteiger partial charge in [-0.3, -0.25) is 0 Å². The van der Waals surface area contributed by atoms with E-state index in [1.165, 1.54) is 0 Å². The standard InChI is InChI=1S/C13H14N4OS2/c1-8(2)18-12-3-4-14-11(17-12)7-20-13-15-9-5-19-6-10(9)16-13/h3-6,8H,7H2,1-2H3,(H,15,16). The summed E-state index contributed by atoms with van der Waals surface area (Å²) < 4.78 is 5.56. The summed E-state index contributed by atoms with van der Waals surface area (Å²) in [5.41, 5.74) is 2.09. The van der Waals surface area contributed by atoms with E-state index in [-0.39, 0.29) is 6.10 Å². The van der Waals surface area contributed by atoms with Crippen molar-refractivity contribution in [1.29, 1.82) is 0 Å². The van der Waals surface area contributed by atoms with Crippen LogP contribution in [0.25, 0.3) is 11.0 Å². The molecule has 1 N–H and O–H groups in total. The number of hydrogen-bond donors (Lipinski definition) is 1. The molecule has 3 aromatic heterocycles. The minimum absolute atomic E-state index is 0.113. The summed E-state index contributed by atoms with van der Waals surface area (Å²) in [6, 6.07) is 1.77. The van der Waals surface area contributed by atoms with Crippen molar-refractivity contribution in [2.75, 3.05) is 0 Å². The number of fused-ring (bicyclic) bond motifs is 1. The van der Waals surface area contributed by atoms with Gasteiger partial charge in [0.25, 0.3) is 0 Å². The van der Waals surface area contributed by atoms with E-state index in [1.807, 2.05) is 19.2 Å². The number of aromatic amines is 1. The summed E-state index contributed by atoms with van der Waals surface area (Å²) in [5, 5.41) is 4.98. The van der Waals surface area contributed by atoms with Gasteiger partial charge in [0.15, 0.2) is 5.16 Å². The molecule has 0 saturated carbocycles. The molecule has 0 aliphatic heterocycles. The first kappa shape index (κ1) is 13.4. The molecular formula is C13H14N4OS2. The summed E-state index contributed by atoms with van der Waals surface area (Å²) in [6.45, 7) is 3.96. The number of hydrogen-bond acceptors (Lipinski definition) is 6. The molecule has 3 rings (SSSR count). The monoisotopic (exact) mass is 306 g/mol. The van der Waals surface area contributed by atoms with E-state index < -0.39 is 0 Å². The van der Waals surface area contributed by atoms with Crippen molar-refractivity contribution in [2.45, 2.75) is 30.9 Å². The van der Waals surface area contributed by atoms with Crippen LogP contribution in [-0.4, -0.2) is 26.0 Å². The molecule has 7 heteroatoms. The third-order valence-electron chi connectivity index (χ3n) is 2.48. The van der Waals surface area contributed by atoms with Gasteiger partial charge in [0.1, 0.15) is 11.3 Å². The van der Waals surface area contributed by atoms with E-state index in [4.69, 9.17) is 4.74 Å². The Hall–Kier alpha value is -1.60. The Morgan fingerprint density at radius 3 is 3.05 bits per heavy atom. The van der Waals surface area contributed by atoms with Gasteiger partial charge in [0, 0.05) is 23.0 Å². The molecule has 5 nitrogen and oxygen atoms in total. The Balaban J connectivity index is 1.67. The van der Waals surface area contributed by atoms with Crippen molar-refractivity contribution in [3.63, 3.8) is 0 Å². The predicted octanol–water partition coefficient (Wildman–Crippen LogP) is 3.49. The molecule has 20 heavy (non-hydrogen) atoms. The lowest BCUT2D eigenvalue weighted by Gasteiger charge is -2.08. The highest BCUT2D eigenvalue weighted by Gasteiger charge is 2.07. The van der Waals surface area contributed by atoms with E-state index >= 15 is 0 Å². The Morgan fingerprint density at radius 2 is 2.25 bits per heavy atom. The molecule has 3 aromatic rings. The van der Waals surface area contributed by atoms with Gasteiger partial charge in [-0.1, -0.05) is 11.8 Å². The lowest BCUT2D eigenvalue weighted by atomic mass is 10.5. The van der Waals surface area contributed by atoms with Gasteiger partial charge < -0.3 is 9.72 Å². The lowest BCUT2D eigenvalue weighted by Crippen LogP contribution is -2.08. The SMILES string of the molecule is CC(C)Oc1ccnc(CSc2nc3cscc3[nH]2)n1. The molecule has 0 atom stereocenters. The van der Waals surface area contributed by atoms with E-state index in [1.54, 1.807) is 35.4 Å². The number of thiophene rings is 1. The summed E-state index contributed by atoms with van der Waals surface area (Å²) in [4.78, 5) is 16.4. The summed E-state index contributed by atoms with van der Waals surface area (Å²) in [6.07, 6.45) is 1.84. The van der Waals surface area contributed by atoms with Gasteiger partial charge in [0.05, 0.1) is 17.4 Å². The van der Waals surface area contributed by atoms with Crippen LogP contribution in [0.5, 0.6) is 5.88 Å². The maximum absolute atomic E-state index is 5.56. The fraction of sp³-hybridized carbons (Fsp3) is 0.308. The topological polar surface area (TPSA) is 63.7 Å². The summed E-state index contributed by atoms with van der Waals surface area (Å²) in [7, 11) is 0. The Bertz CT molecular complexity index is 679. The van der Waals surface area contributed by atoms with Gasteiger partial charge in [-0.2, -0.15) is 4.98 Å². The fourth-order valence-corrected chi connectivity index (χ4v) is 3.12. The number of imidazole rings is 1. The second-order valence-corrected chi connectivity index (χ2v) is 6.19. The third kappa shape index (κ3) is 3.10. The van der Waals surface area contributed by atoms with Crippen LogP contribution in [-0.2, 0) is 5.75 Å². The van der Waals surface area contributed by atoms with Crippen LogP contribution in [0, 0.1) is 0 Å². The molecule has 0 fully saturated rings. The number of H-pyrrole nitrogens is 1. The number of nitrogens with one attached hydrogen (secondary N) is 1. The van der Waals surface area contributed by atoms with E-state index in [0.29, 0.717) is 11.6 Å². The smallest absolute Gasteiger partial charge is 0.216 e. The van der Waals surface area contributed by atoms with E-state index in [2.05, 4.69) is 25.3 Å². The highest BCUT2D eigenvalue weighted by molar-refractivity contribution is 7.98. The maximum Gasteiger partial charge on any atom is 0.216 e. The normalized spacial score (nSPS) is 11.3. The first-order valence-corrected chi connectivity index (χ1v) is 8.17. The molecule has 0 radical (unpaired) electrons. The second kappa shape index (κ2) is 5.80. The van der Waals surface area contributed by atoms with Crippen molar-refractivity contribution in [1.82, 2.24) is 19.9 Å². The van der Waals surface area contributed by atoms with Gasteiger partial charge in [-0.05, 0) is 13.8 Å². The zero-order valence-corrected chi connectivity index (χ0v) is 12.8. The third-order valence-corrected chi connectivity index (χ3v) is 4.08. The Morgan fingerprint density at radius 1 is 1.35 bits per heavy atom. The molecule has 0 bridgehead atoms. The molecule has 0 saturated heterocycles. The largest absolute Gasteiger partial charge is 0.475 e. The lowest BCUT2D eigenvalue weighted by molar-refractivity contribution is 0.231. The first-order chi connectivity index (χ1) is 9.70. The number of nitrogens with zero attached hydrogens (tertiary/aromatic N) is 3. The predicted molar refractivity (Wildman–Crippen MR) is 81.3 cm³/mol. The van der Waals surface area contributed by atoms with Gasteiger partial charge >= 0.3 is 0 Å². The van der Waals surface area contributed by atoms with Gasteiger partial charge in [0.2, 0.25) is 5.88 Å². The number of thioether (sulfide) groups is 1. The van der Waals surface area contributed by atoms with Gasteiger partial charge in [-0.25, -0.2) is 9.97 Å². The molecule has 0 unspecified atom stereocenters. The molecule has 104 valence electrons. The van der Waals surface area contributed by atoms with E-state index in [9.17, 15) is 0 Å². The average Bonchev–Trinajstić information content (AvgIpc) is 2.96. The van der Waals surface area contributed by atoms with Crippen LogP contribution in [0.15, 0.2) is 28.2 Å². The molecule has 0 aliphatic rings. The van der Waals surface area contributed by atoms with Crippen molar-refractivity contribution in [3.8, 4) is 5.88 Å². The summed E-state index contributed by atoms with van der Waals surface area (Å²) >= 11 is 3.23. The minimum Gasteiger partial charge on any atom is -0.475 e. The van der Waals surface area contributed by atoms with Crippen molar-refractivity contribution < 1.29 is 4.74 Å². The highest BCUT2D eigenvalue weighted by Crippen LogP contribution is 2.24. The zero-order chi connectivity index (χ0) is 13.9. The van der Waals surface area contributed by atoms with Crippen LogP contribution in [0.1, 0.15) is 19.7 Å². The maximum atomic E-state index is 5.56. The molecule has 3 heterocycles. The van der Waals surface area contributed by atoms with Crippen LogP contribution >= 0.6 is 23.1 Å².